The summed E-state index contributed by atoms with van der Waals surface area (Å²) in [5.41, 5.74) is 5.82. The van der Waals surface area contributed by atoms with Crippen molar-refractivity contribution in [3.05, 3.63) is 53.1 Å². The summed E-state index contributed by atoms with van der Waals surface area (Å²) in [6.07, 6.45) is 1.43. The van der Waals surface area contributed by atoms with Gasteiger partial charge in [0.15, 0.2) is 0 Å². The van der Waals surface area contributed by atoms with Crippen molar-refractivity contribution in [2.75, 3.05) is 0 Å². The number of halogens is 1. The van der Waals surface area contributed by atoms with Crippen LogP contribution in [0.5, 0.6) is 0 Å². The summed E-state index contributed by atoms with van der Waals surface area (Å²) >= 11 is 0. The van der Waals surface area contributed by atoms with Crippen LogP contribution in [0.4, 0.5) is 4.39 Å². The zero-order valence-electron chi connectivity index (χ0n) is 11.2. The molecule has 1 heterocycles. The molecule has 0 aliphatic carbocycles. The van der Waals surface area contributed by atoms with E-state index < -0.39 is 0 Å². The molecular weight excluding hydrogens is 243 g/mol. The fraction of sp³-hybridized carbons (Fsp3) is 0.357. The maximum Gasteiger partial charge on any atom is 0.123 e. The number of nitrogens with two attached hydrogens (primary N) is 1. The first-order valence-electron chi connectivity index (χ1n) is 6.28. The molecule has 2 aromatic rings. The van der Waals surface area contributed by atoms with Crippen molar-refractivity contribution in [2.45, 2.75) is 25.8 Å². The number of hydrazine groups is 1. The normalized spacial score (nSPS) is 12.6. The molecule has 0 bridgehead atoms. The molecule has 1 aromatic carbocycles. The number of aromatic nitrogens is 2. The molecule has 0 radical (unpaired) electrons. The molecule has 2 rings (SSSR count). The summed E-state index contributed by atoms with van der Waals surface area (Å²) in [4.78, 5) is 0. The summed E-state index contributed by atoms with van der Waals surface area (Å²) in [5.74, 6) is 5.37. The van der Waals surface area contributed by atoms with E-state index in [2.05, 4.69) is 10.5 Å². The topological polar surface area (TPSA) is 55.9 Å². The molecule has 102 valence electrons. The highest BCUT2D eigenvalue weighted by molar-refractivity contribution is 5.18. The van der Waals surface area contributed by atoms with Gasteiger partial charge in [0.2, 0.25) is 0 Å². The molecule has 1 aromatic heterocycles. The molecule has 0 saturated heterocycles. The van der Waals surface area contributed by atoms with Crippen LogP contribution < -0.4 is 11.3 Å². The number of rotatable bonds is 5. The van der Waals surface area contributed by atoms with Crippen LogP contribution in [0.1, 0.15) is 17.0 Å². The predicted molar refractivity (Wildman–Crippen MR) is 72.9 cm³/mol. The quantitative estimate of drug-likeness (QED) is 0.634. The second kappa shape index (κ2) is 5.95. The minimum absolute atomic E-state index is 0.0524. The van der Waals surface area contributed by atoms with Gasteiger partial charge in [0.25, 0.3) is 0 Å². The lowest BCUT2D eigenvalue weighted by Gasteiger charge is -2.16. The van der Waals surface area contributed by atoms with E-state index >= 15 is 0 Å². The highest BCUT2D eigenvalue weighted by Gasteiger charge is 2.12. The third-order valence-corrected chi connectivity index (χ3v) is 3.16. The molecule has 0 spiro atoms. The van der Waals surface area contributed by atoms with Gasteiger partial charge in [-0.2, -0.15) is 5.10 Å². The van der Waals surface area contributed by atoms with Crippen LogP contribution in [0.15, 0.2) is 30.3 Å². The molecule has 0 saturated carbocycles. The number of nitrogens with zero attached hydrogens (tertiary/aromatic N) is 2. The third-order valence-electron chi connectivity index (χ3n) is 3.16. The van der Waals surface area contributed by atoms with E-state index in [1.54, 1.807) is 12.1 Å². The molecule has 5 heteroatoms. The lowest BCUT2D eigenvalue weighted by atomic mass is 10.0. The Balaban J connectivity index is 2.06. The second-order valence-corrected chi connectivity index (χ2v) is 4.80. The van der Waals surface area contributed by atoms with Crippen molar-refractivity contribution in [1.82, 2.24) is 15.2 Å². The number of nitrogens with one attached hydrogen (secondary N) is 1. The SMILES string of the molecule is Cc1cc(CC(Cc2cccc(F)c2)NN)n(C)n1. The van der Waals surface area contributed by atoms with Crippen molar-refractivity contribution < 1.29 is 4.39 Å². The molecule has 1 unspecified atom stereocenters. The van der Waals surface area contributed by atoms with Gasteiger partial charge >= 0.3 is 0 Å². The summed E-state index contributed by atoms with van der Waals surface area (Å²) in [7, 11) is 1.91. The first-order valence-corrected chi connectivity index (χ1v) is 6.28. The van der Waals surface area contributed by atoms with E-state index in [-0.39, 0.29) is 11.9 Å². The van der Waals surface area contributed by atoms with Crippen molar-refractivity contribution in [1.29, 1.82) is 0 Å². The van der Waals surface area contributed by atoms with Crippen LogP contribution in [0.25, 0.3) is 0 Å². The number of benzene rings is 1. The fourth-order valence-electron chi connectivity index (χ4n) is 2.25. The van der Waals surface area contributed by atoms with Crippen molar-refractivity contribution >= 4 is 0 Å². The Kier molecular flexibility index (Phi) is 4.29. The number of hydrogen-bond acceptors (Lipinski definition) is 3. The Labute approximate surface area is 112 Å². The summed E-state index contributed by atoms with van der Waals surface area (Å²) < 4.78 is 15.0. The van der Waals surface area contributed by atoms with Crippen LogP contribution in [-0.4, -0.2) is 15.8 Å². The maximum atomic E-state index is 13.2. The first-order chi connectivity index (χ1) is 9.08. The van der Waals surface area contributed by atoms with Gasteiger partial charge in [-0.15, -0.1) is 0 Å². The zero-order valence-corrected chi connectivity index (χ0v) is 11.2. The molecule has 0 fully saturated rings. The van der Waals surface area contributed by atoms with Gasteiger partial charge in [0, 0.05) is 25.2 Å². The summed E-state index contributed by atoms with van der Waals surface area (Å²) in [6, 6.07) is 8.69. The van der Waals surface area contributed by atoms with E-state index in [1.807, 2.05) is 30.8 Å². The van der Waals surface area contributed by atoms with Gasteiger partial charge in [-0.1, -0.05) is 12.1 Å². The number of aryl methyl sites for hydroxylation is 2. The molecule has 19 heavy (non-hydrogen) atoms. The van der Waals surface area contributed by atoms with E-state index in [9.17, 15) is 4.39 Å². The third kappa shape index (κ3) is 3.62. The highest BCUT2D eigenvalue weighted by Crippen LogP contribution is 2.11. The van der Waals surface area contributed by atoms with Gasteiger partial charge in [-0.05, 0) is 37.1 Å². The Morgan fingerprint density at radius 3 is 2.74 bits per heavy atom. The average Bonchev–Trinajstić information content (AvgIpc) is 2.67. The minimum Gasteiger partial charge on any atom is -0.272 e. The van der Waals surface area contributed by atoms with Gasteiger partial charge in [-0.25, -0.2) is 4.39 Å². The second-order valence-electron chi connectivity index (χ2n) is 4.80. The van der Waals surface area contributed by atoms with Gasteiger partial charge in [-0.3, -0.25) is 16.0 Å². The van der Waals surface area contributed by atoms with Crippen LogP contribution in [0.3, 0.4) is 0 Å². The van der Waals surface area contributed by atoms with Gasteiger partial charge < -0.3 is 0 Å². The largest absolute Gasteiger partial charge is 0.272 e. The Bertz CT molecular complexity index is 550. The van der Waals surface area contributed by atoms with E-state index in [4.69, 9.17) is 5.84 Å². The minimum atomic E-state index is -0.218. The van der Waals surface area contributed by atoms with Crippen molar-refractivity contribution in [3.63, 3.8) is 0 Å². The van der Waals surface area contributed by atoms with Crippen molar-refractivity contribution in [3.8, 4) is 0 Å². The Hall–Kier alpha value is -1.72. The first kappa shape index (κ1) is 13.7. The van der Waals surface area contributed by atoms with E-state index in [1.165, 1.54) is 6.07 Å². The molecule has 4 nitrogen and oxygen atoms in total. The van der Waals surface area contributed by atoms with E-state index in [0.717, 1.165) is 23.4 Å². The molecule has 0 amide bonds. The van der Waals surface area contributed by atoms with Gasteiger partial charge in [0.05, 0.1) is 5.69 Å². The molecule has 0 aliphatic rings. The summed E-state index contributed by atoms with van der Waals surface area (Å²) in [6.45, 7) is 1.96. The molecule has 3 N–H and O–H groups in total. The lowest BCUT2D eigenvalue weighted by molar-refractivity contribution is 0.503. The Morgan fingerprint density at radius 2 is 2.16 bits per heavy atom. The van der Waals surface area contributed by atoms with Crippen LogP contribution in [0.2, 0.25) is 0 Å². The molecular formula is C14H19FN4. The summed E-state index contributed by atoms with van der Waals surface area (Å²) in [5, 5.41) is 4.31. The van der Waals surface area contributed by atoms with Gasteiger partial charge in [0.1, 0.15) is 5.82 Å². The Morgan fingerprint density at radius 1 is 1.37 bits per heavy atom. The average molecular weight is 262 g/mol. The standard InChI is InChI=1S/C14H19FN4/c1-10-6-14(19(2)18-10)9-13(17-16)8-11-4-3-5-12(15)7-11/h3-7,13,17H,8-9,16H2,1-2H3. The maximum absolute atomic E-state index is 13.2. The zero-order chi connectivity index (χ0) is 13.8. The monoisotopic (exact) mass is 262 g/mol. The lowest BCUT2D eigenvalue weighted by Crippen LogP contribution is -2.38. The molecule has 1 atom stereocenters. The molecule has 0 aliphatic heterocycles. The fourth-order valence-corrected chi connectivity index (χ4v) is 2.25. The number of hydrogen-bond donors (Lipinski definition) is 2. The highest BCUT2D eigenvalue weighted by atomic mass is 19.1. The predicted octanol–water partition coefficient (Wildman–Crippen LogP) is 1.48. The van der Waals surface area contributed by atoms with Crippen LogP contribution >= 0.6 is 0 Å². The van der Waals surface area contributed by atoms with Crippen LogP contribution in [0, 0.1) is 12.7 Å². The van der Waals surface area contributed by atoms with Crippen LogP contribution in [-0.2, 0) is 19.9 Å². The smallest absolute Gasteiger partial charge is 0.123 e. The van der Waals surface area contributed by atoms with E-state index in [0.29, 0.717) is 6.42 Å². The van der Waals surface area contributed by atoms with Crippen molar-refractivity contribution in [2.24, 2.45) is 12.9 Å².